The lowest BCUT2D eigenvalue weighted by atomic mass is 9.88. The molecule has 1 aromatic carbocycles. The minimum atomic E-state index is -0.754. The number of rotatable bonds is 3. The van der Waals surface area contributed by atoms with Crippen LogP contribution in [0.25, 0.3) is 0 Å². The van der Waals surface area contributed by atoms with Gasteiger partial charge < -0.3 is 10.8 Å². The minimum absolute atomic E-state index is 0.0718. The Hall–Kier alpha value is -1.35. The summed E-state index contributed by atoms with van der Waals surface area (Å²) in [6.07, 6.45) is 0.176. The Bertz CT molecular complexity index is 362. The number of aliphatic carboxylic acids is 1. The molecule has 3 N–H and O–H groups in total. The molecule has 0 radical (unpaired) electrons. The van der Waals surface area contributed by atoms with Crippen molar-refractivity contribution >= 4 is 5.97 Å². The third-order valence-electron chi connectivity index (χ3n) is 2.90. The maximum absolute atomic E-state index is 10.7. The van der Waals surface area contributed by atoms with Gasteiger partial charge in [-0.1, -0.05) is 24.3 Å². The van der Waals surface area contributed by atoms with E-state index in [9.17, 15) is 4.79 Å². The van der Waals surface area contributed by atoms with Crippen molar-refractivity contribution in [3.05, 3.63) is 35.4 Å². The Morgan fingerprint density at radius 1 is 1.36 bits per heavy atom. The van der Waals surface area contributed by atoms with Gasteiger partial charge in [-0.15, -0.1) is 0 Å². The molecule has 0 saturated heterocycles. The molecule has 0 heterocycles. The standard InChI is InChI=1S/C11H13NO2/c12-6-10-8-3-1-2-7(4-8)9(10)5-11(13)14/h1-4,9-10H,5-6,12H2,(H,13,14). The van der Waals surface area contributed by atoms with E-state index in [0.29, 0.717) is 6.54 Å². The zero-order valence-electron chi connectivity index (χ0n) is 7.81. The fraction of sp³-hybridized carbons (Fsp3) is 0.364. The Morgan fingerprint density at radius 3 is 2.57 bits per heavy atom. The molecule has 1 aliphatic carbocycles. The van der Waals surface area contributed by atoms with Gasteiger partial charge in [0.2, 0.25) is 0 Å². The van der Waals surface area contributed by atoms with E-state index in [4.69, 9.17) is 10.8 Å². The Morgan fingerprint density at radius 2 is 2.00 bits per heavy atom. The van der Waals surface area contributed by atoms with Crippen LogP contribution >= 0.6 is 0 Å². The fourth-order valence-electron chi connectivity index (χ4n) is 2.23. The fourth-order valence-corrected chi connectivity index (χ4v) is 2.23. The first-order valence-electron chi connectivity index (χ1n) is 4.74. The molecule has 0 fully saturated rings. The van der Waals surface area contributed by atoms with Gasteiger partial charge >= 0.3 is 5.97 Å². The maximum atomic E-state index is 10.7. The van der Waals surface area contributed by atoms with Crippen LogP contribution in [-0.4, -0.2) is 17.6 Å². The molecule has 0 aliphatic heterocycles. The predicted molar refractivity (Wildman–Crippen MR) is 53.2 cm³/mol. The van der Waals surface area contributed by atoms with Crippen molar-refractivity contribution in [1.29, 1.82) is 0 Å². The van der Waals surface area contributed by atoms with Crippen LogP contribution in [0.4, 0.5) is 0 Å². The molecule has 0 spiro atoms. The van der Waals surface area contributed by atoms with Gasteiger partial charge in [0.15, 0.2) is 0 Å². The Kier molecular flexibility index (Phi) is 2.25. The number of fused-ring (bicyclic) bond motifs is 2. The summed E-state index contributed by atoms with van der Waals surface area (Å²) in [5.74, 6) is -0.491. The molecule has 2 unspecified atom stereocenters. The van der Waals surface area contributed by atoms with Crippen molar-refractivity contribution in [2.24, 2.45) is 5.73 Å². The van der Waals surface area contributed by atoms with Crippen LogP contribution in [0, 0.1) is 0 Å². The van der Waals surface area contributed by atoms with Gasteiger partial charge in [-0.3, -0.25) is 4.79 Å². The average molecular weight is 191 g/mol. The monoisotopic (exact) mass is 191 g/mol. The minimum Gasteiger partial charge on any atom is -0.481 e. The summed E-state index contributed by atoms with van der Waals surface area (Å²) in [6, 6.07) is 8.02. The van der Waals surface area contributed by atoms with Crippen molar-refractivity contribution in [3.63, 3.8) is 0 Å². The number of benzene rings is 1. The maximum Gasteiger partial charge on any atom is 0.303 e. The normalized spacial score (nSPS) is 23.8. The predicted octanol–water partition coefficient (Wildman–Crippen LogP) is 1.30. The molecule has 14 heavy (non-hydrogen) atoms. The molecule has 3 heteroatoms. The smallest absolute Gasteiger partial charge is 0.303 e. The molecule has 2 bridgehead atoms. The second kappa shape index (κ2) is 3.42. The van der Waals surface area contributed by atoms with Gasteiger partial charge in [-0.2, -0.15) is 0 Å². The highest BCUT2D eigenvalue weighted by atomic mass is 16.4. The molecule has 2 rings (SSSR count). The van der Waals surface area contributed by atoms with E-state index in [1.165, 1.54) is 5.56 Å². The van der Waals surface area contributed by atoms with Crippen LogP contribution in [0.2, 0.25) is 0 Å². The third-order valence-corrected chi connectivity index (χ3v) is 2.90. The quantitative estimate of drug-likeness (QED) is 0.757. The first-order valence-corrected chi connectivity index (χ1v) is 4.74. The van der Waals surface area contributed by atoms with E-state index in [-0.39, 0.29) is 18.3 Å². The summed E-state index contributed by atoms with van der Waals surface area (Å²) >= 11 is 0. The topological polar surface area (TPSA) is 63.3 Å². The highest BCUT2D eigenvalue weighted by Gasteiger charge is 2.31. The molecule has 0 saturated carbocycles. The highest BCUT2D eigenvalue weighted by molar-refractivity contribution is 5.69. The summed E-state index contributed by atoms with van der Waals surface area (Å²) in [7, 11) is 0. The molecule has 2 atom stereocenters. The highest BCUT2D eigenvalue weighted by Crippen LogP contribution is 2.41. The Balaban J connectivity index is 2.28. The second-order valence-electron chi connectivity index (χ2n) is 3.72. The molecular formula is C11H13NO2. The van der Waals surface area contributed by atoms with E-state index in [1.807, 2.05) is 18.2 Å². The molecule has 1 aromatic rings. The average Bonchev–Trinajstić information content (AvgIpc) is 2.38. The molecule has 3 nitrogen and oxygen atoms in total. The van der Waals surface area contributed by atoms with E-state index in [1.54, 1.807) is 0 Å². The van der Waals surface area contributed by atoms with Gasteiger partial charge in [0.25, 0.3) is 0 Å². The van der Waals surface area contributed by atoms with Crippen molar-refractivity contribution in [2.75, 3.05) is 6.54 Å². The van der Waals surface area contributed by atoms with Crippen LogP contribution in [0.1, 0.15) is 29.4 Å². The summed E-state index contributed by atoms with van der Waals surface area (Å²) in [4.78, 5) is 10.7. The first kappa shape index (κ1) is 9.21. The van der Waals surface area contributed by atoms with E-state index < -0.39 is 5.97 Å². The van der Waals surface area contributed by atoms with Gasteiger partial charge in [0.05, 0.1) is 6.42 Å². The molecule has 1 aliphatic rings. The lowest BCUT2D eigenvalue weighted by Crippen LogP contribution is -2.18. The van der Waals surface area contributed by atoms with Crippen LogP contribution in [-0.2, 0) is 4.79 Å². The first-order chi connectivity index (χ1) is 6.72. The molecule has 74 valence electrons. The van der Waals surface area contributed by atoms with Crippen molar-refractivity contribution < 1.29 is 9.90 Å². The third kappa shape index (κ3) is 1.40. The SMILES string of the molecule is NCC1c2cccc(c2)C1CC(=O)O. The zero-order valence-corrected chi connectivity index (χ0v) is 7.81. The largest absolute Gasteiger partial charge is 0.481 e. The lowest BCUT2D eigenvalue weighted by Gasteiger charge is -2.17. The zero-order chi connectivity index (χ0) is 10.1. The lowest BCUT2D eigenvalue weighted by molar-refractivity contribution is -0.137. The van der Waals surface area contributed by atoms with E-state index in [2.05, 4.69) is 6.07 Å². The van der Waals surface area contributed by atoms with Gasteiger partial charge in [0, 0.05) is 11.8 Å². The van der Waals surface area contributed by atoms with Crippen LogP contribution in [0.3, 0.4) is 0 Å². The summed E-state index contributed by atoms with van der Waals surface area (Å²) in [5.41, 5.74) is 7.95. The van der Waals surface area contributed by atoms with Gasteiger partial charge in [0.1, 0.15) is 0 Å². The number of carboxylic acid groups (broad SMARTS) is 1. The second-order valence-corrected chi connectivity index (χ2v) is 3.72. The Labute approximate surface area is 82.5 Å². The summed E-state index contributed by atoms with van der Waals surface area (Å²) in [6.45, 7) is 0.519. The van der Waals surface area contributed by atoms with Crippen molar-refractivity contribution in [1.82, 2.24) is 0 Å². The molecular weight excluding hydrogens is 178 g/mol. The van der Waals surface area contributed by atoms with E-state index in [0.717, 1.165) is 5.56 Å². The number of nitrogens with two attached hydrogens (primary N) is 1. The summed E-state index contributed by atoms with van der Waals surface area (Å²) in [5, 5.41) is 8.80. The number of carbonyl (C=O) groups is 1. The van der Waals surface area contributed by atoms with Gasteiger partial charge in [-0.25, -0.2) is 0 Å². The number of carboxylic acids is 1. The van der Waals surface area contributed by atoms with Crippen LogP contribution in [0.5, 0.6) is 0 Å². The van der Waals surface area contributed by atoms with Crippen molar-refractivity contribution in [2.45, 2.75) is 18.3 Å². The van der Waals surface area contributed by atoms with E-state index >= 15 is 0 Å². The molecule has 0 aromatic heterocycles. The number of hydrogen-bond donors (Lipinski definition) is 2. The summed E-state index contributed by atoms with van der Waals surface area (Å²) < 4.78 is 0. The molecule has 0 amide bonds. The van der Waals surface area contributed by atoms with Gasteiger partial charge in [-0.05, 0) is 17.7 Å². The number of hydrogen-bond acceptors (Lipinski definition) is 2. The van der Waals surface area contributed by atoms with Crippen molar-refractivity contribution in [3.8, 4) is 0 Å². The van der Waals surface area contributed by atoms with Crippen LogP contribution < -0.4 is 5.73 Å². The van der Waals surface area contributed by atoms with Crippen LogP contribution in [0.15, 0.2) is 24.3 Å².